The topological polar surface area (TPSA) is 88.6 Å². The summed E-state index contributed by atoms with van der Waals surface area (Å²) in [5.41, 5.74) is 2.68. The first-order chi connectivity index (χ1) is 11.8. The smallest absolute Gasteiger partial charge is 0.355 e. The number of ether oxygens (including phenoxy) is 2. The van der Waals surface area contributed by atoms with Crippen LogP contribution in [-0.2, 0) is 4.74 Å². The fourth-order valence-electron chi connectivity index (χ4n) is 2.86. The maximum absolute atomic E-state index is 12.4. The maximum Gasteiger partial charge on any atom is 0.355 e. The highest BCUT2D eigenvalue weighted by atomic mass is 16.5. The van der Waals surface area contributed by atoms with Crippen LogP contribution in [0.3, 0.4) is 0 Å². The summed E-state index contributed by atoms with van der Waals surface area (Å²) in [5, 5.41) is 9.81. The van der Waals surface area contributed by atoms with E-state index in [-0.39, 0.29) is 11.5 Å². The average molecular weight is 345 g/mol. The molecule has 0 spiro atoms. The molecule has 2 rings (SSSR count). The van der Waals surface area contributed by atoms with Crippen LogP contribution in [0.5, 0.6) is 5.75 Å². The van der Waals surface area contributed by atoms with Crippen molar-refractivity contribution in [1.82, 2.24) is 4.98 Å². The molecule has 2 N–H and O–H groups in total. The lowest BCUT2D eigenvalue weighted by molar-refractivity contribution is 0.0313. The number of ketones is 1. The molecular formula is C19H23NO5. The highest BCUT2D eigenvalue weighted by molar-refractivity contribution is 6.01. The number of aliphatic hydroxyl groups excluding tert-OH is 1. The van der Waals surface area contributed by atoms with E-state index in [0.29, 0.717) is 28.1 Å². The Bertz CT molecular complexity index is 774. The predicted molar refractivity (Wildman–Crippen MR) is 93.1 cm³/mol. The molecule has 2 aromatic rings. The minimum absolute atomic E-state index is 0.253. The number of esters is 1. The number of methoxy groups -OCH3 is 1. The molecule has 6 nitrogen and oxygen atoms in total. The van der Waals surface area contributed by atoms with Crippen molar-refractivity contribution in [3.05, 3.63) is 52.3 Å². The van der Waals surface area contributed by atoms with E-state index in [1.165, 1.54) is 6.92 Å². The van der Waals surface area contributed by atoms with Gasteiger partial charge in [0.25, 0.3) is 0 Å². The first-order valence-corrected chi connectivity index (χ1v) is 8.02. The van der Waals surface area contributed by atoms with Gasteiger partial charge in [0.15, 0.2) is 6.10 Å². The zero-order valence-electron chi connectivity index (χ0n) is 15.0. The lowest BCUT2D eigenvalue weighted by atomic mass is 10.1. The fourth-order valence-corrected chi connectivity index (χ4v) is 2.86. The number of hydrogen-bond donors (Lipinski definition) is 2. The number of nitrogens with one attached hydrogen (secondary N) is 1. The molecule has 1 heterocycles. The van der Waals surface area contributed by atoms with Crippen molar-refractivity contribution in [3.8, 4) is 5.75 Å². The minimum Gasteiger partial charge on any atom is -0.497 e. The Morgan fingerprint density at radius 2 is 1.72 bits per heavy atom. The van der Waals surface area contributed by atoms with Crippen LogP contribution < -0.4 is 4.74 Å². The van der Waals surface area contributed by atoms with Crippen molar-refractivity contribution in [2.75, 3.05) is 7.11 Å². The van der Waals surface area contributed by atoms with Crippen LogP contribution in [0.25, 0.3) is 0 Å². The monoisotopic (exact) mass is 345 g/mol. The molecule has 6 heteroatoms. The fraction of sp³-hybridized carbons (Fsp3) is 0.368. The lowest BCUT2D eigenvalue weighted by Gasteiger charge is -2.13. The Kier molecular flexibility index (Phi) is 5.64. The van der Waals surface area contributed by atoms with Gasteiger partial charge in [0, 0.05) is 16.8 Å². The molecule has 25 heavy (non-hydrogen) atoms. The molecule has 1 aromatic carbocycles. The highest BCUT2D eigenvalue weighted by Crippen LogP contribution is 2.25. The van der Waals surface area contributed by atoms with Crippen molar-refractivity contribution in [2.24, 2.45) is 0 Å². The van der Waals surface area contributed by atoms with Gasteiger partial charge in [0.05, 0.1) is 13.2 Å². The van der Waals surface area contributed by atoms with Crippen molar-refractivity contribution < 1.29 is 24.2 Å². The summed E-state index contributed by atoms with van der Waals surface area (Å²) >= 11 is 0. The minimum atomic E-state index is -0.932. The van der Waals surface area contributed by atoms with E-state index in [1.807, 2.05) is 0 Å². The van der Waals surface area contributed by atoms with Gasteiger partial charge in [0.1, 0.15) is 11.4 Å². The van der Waals surface area contributed by atoms with E-state index >= 15 is 0 Å². The van der Waals surface area contributed by atoms with Gasteiger partial charge in [-0.25, -0.2) is 4.79 Å². The molecule has 134 valence electrons. The number of benzene rings is 1. The van der Waals surface area contributed by atoms with Crippen molar-refractivity contribution in [1.29, 1.82) is 0 Å². The SMILES string of the molecule is COc1ccc(C(=O)[C@H](C)OC(=O)c2[nH]c(C)c([C@H](C)O)c2C)cc1. The molecule has 0 aliphatic heterocycles. The summed E-state index contributed by atoms with van der Waals surface area (Å²) in [6.07, 6.45) is -1.63. The first kappa shape index (κ1) is 18.7. The largest absolute Gasteiger partial charge is 0.497 e. The van der Waals surface area contributed by atoms with Crippen LogP contribution in [0.1, 0.15) is 57.6 Å². The molecule has 0 amide bonds. The molecular weight excluding hydrogens is 322 g/mol. The summed E-state index contributed by atoms with van der Waals surface area (Å²) in [4.78, 5) is 27.7. The van der Waals surface area contributed by atoms with Crippen LogP contribution in [0.2, 0.25) is 0 Å². The molecule has 0 radical (unpaired) electrons. The number of H-pyrrole nitrogens is 1. The molecule has 0 aliphatic rings. The van der Waals surface area contributed by atoms with E-state index in [1.54, 1.807) is 52.1 Å². The van der Waals surface area contributed by atoms with Crippen LogP contribution in [0.4, 0.5) is 0 Å². The number of carbonyl (C=O) groups excluding carboxylic acids is 2. The molecule has 0 aliphatic carbocycles. The molecule has 0 saturated heterocycles. The number of Topliss-reactive ketones (excluding diaryl/α,β-unsaturated/α-hetero) is 1. The van der Waals surface area contributed by atoms with E-state index in [4.69, 9.17) is 9.47 Å². The van der Waals surface area contributed by atoms with E-state index < -0.39 is 18.2 Å². The Balaban J connectivity index is 2.14. The van der Waals surface area contributed by atoms with Gasteiger partial charge >= 0.3 is 5.97 Å². The third-order valence-corrected chi connectivity index (χ3v) is 4.14. The zero-order chi connectivity index (χ0) is 18.7. The number of aromatic nitrogens is 1. The summed E-state index contributed by atoms with van der Waals surface area (Å²) in [6, 6.07) is 6.60. The Hall–Kier alpha value is -2.60. The molecule has 1 aromatic heterocycles. The zero-order valence-corrected chi connectivity index (χ0v) is 15.0. The van der Waals surface area contributed by atoms with Gasteiger partial charge < -0.3 is 19.6 Å². The third kappa shape index (κ3) is 3.91. The number of aromatic amines is 1. The van der Waals surface area contributed by atoms with Crippen molar-refractivity contribution in [3.63, 3.8) is 0 Å². The molecule has 0 bridgehead atoms. The first-order valence-electron chi connectivity index (χ1n) is 8.02. The maximum atomic E-state index is 12.4. The summed E-state index contributed by atoms with van der Waals surface area (Å²) in [7, 11) is 1.55. The van der Waals surface area contributed by atoms with Gasteiger partial charge in [-0.1, -0.05) is 0 Å². The van der Waals surface area contributed by atoms with Crippen LogP contribution in [0, 0.1) is 13.8 Å². The van der Waals surface area contributed by atoms with E-state index in [2.05, 4.69) is 4.98 Å². The number of rotatable bonds is 6. The van der Waals surface area contributed by atoms with Crippen LogP contribution >= 0.6 is 0 Å². The molecule has 2 atom stereocenters. The van der Waals surface area contributed by atoms with Crippen molar-refractivity contribution >= 4 is 11.8 Å². The summed E-state index contributed by atoms with van der Waals surface area (Å²) in [5.74, 6) is -0.279. The quantitative estimate of drug-likeness (QED) is 0.620. The normalized spacial score (nSPS) is 13.2. The Morgan fingerprint density at radius 1 is 1.12 bits per heavy atom. The van der Waals surface area contributed by atoms with E-state index in [9.17, 15) is 14.7 Å². The van der Waals surface area contributed by atoms with Crippen molar-refractivity contribution in [2.45, 2.75) is 39.9 Å². The van der Waals surface area contributed by atoms with Gasteiger partial charge in [-0.15, -0.1) is 0 Å². The molecule has 0 unspecified atom stereocenters. The molecule has 0 saturated carbocycles. The van der Waals surface area contributed by atoms with E-state index in [0.717, 1.165) is 0 Å². The number of carbonyl (C=O) groups is 2. The second-order valence-corrected chi connectivity index (χ2v) is 5.98. The lowest BCUT2D eigenvalue weighted by Crippen LogP contribution is -2.25. The molecule has 0 fully saturated rings. The number of aryl methyl sites for hydroxylation is 1. The summed E-state index contributed by atoms with van der Waals surface area (Å²) in [6.45, 7) is 6.68. The second-order valence-electron chi connectivity index (χ2n) is 5.98. The summed E-state index contributed by atoms with van der Waals surface area (Å²) < 4.78 is 10.4. The van der Waals surface area contributed by atoms with Crippen LogP contribution in [-0.4, -0.2) is 35.1 Å². The number of aliphatic hydroxyl groups is 1. The Morgan fingerprint density at radius 3 is 2.20 bits per heavy atom. The predicted octanol–water partition coefficient (Wildman–Crippen LogP) is 3.12. The standard InChI is InChI=1S/C19H23NO5/c1-10-16(12(3)21)11(2)20-17(10)19(23)25-13(4)18(22)14-6-8-15(24-5)9-7-14/h6-9,12-13,20-21H,1-5H3/t12-,13-/m0/s1. The highest BCUT2D eigenvalue weighted by Gasteiger charge is 2.25. The van der Waals surface area contributed by atoms with Gasteiger partial charge in [-0.3, -0.25) is 4.79 Å². The second kappa shape index (κ2) is 7.53. The third-order valence-electron chi connectivity index (χ3n) is 4.14. The Labute approximate surface area is 146 Å². The van der Waals surface area contributed by atoms with Gasteiger partial charge in [0.2, 0.25) is 5.78 Å². The van der Waals surface area contributed by atoms with Crippen LogP contribution in [0.15, 0.2) is 24.3 Å². The average Bonchev–Trinajstić information content (AvgIpc) is 2.88. The van der Waals surface area contributed by atoms with Gasteiger partial charge in [-0.2, -0.15) is 0 Å². The number of hydrogen-bond acceptors (Lipinski definition) is 5. The van der Waals surface area contributed by atoms with Gasteiger partial charge in [-0.05, 0) is 57.5 Å².